The molecule has 0 aliphatic heterocycles. The lowest BCUT2D eigenvalue weighted by molar-refractivity contribution is -0.115. The highest BCUT2D eigenvalue weighted by Gasteiger charge is 2.16. The van der Waals surface area contributed by atoms with Gasteiger partial charge in [0.05, 0.1) is 18.3 Å². The number of alkyl halides is 2. The number of anilines is 1. The zero-order valence-corrected chi connectivity index (χ0v) is 15.0. The van der Waals surface area contributed by atoms with Gasteiger partial charge >= 0.3 is 6.61 Å². The van der Waals surface area contributed by atoms with E-state index < -0.39 is 6.61 Å². The predicted molar refractivity (Wildman–Crippen MR) is 104 cm³/mol. The van der Waals surface area contributed by atoms with Crippen LogP contribution >= 0.6 is 0 Å². The summed E-state index contributed by atoms with van der Waals surface area (Å²) in [6, 6.07) is 25.4. The molecule has 0 fully saturated rings. The summed E-state index contributed by atoms with van der Waals surface area (Å²) in [6.45, 7) is -2.96. The smallest absolute Gasteiger partial charge is 0.387 e. The maximum Gasteiger partial charge on any atom is 0.387 e. The molecular formula is C22H20F2N2O2. The minimum atomic E-state index is -2.96. The van der Waals surface area contributed by atoms with Gasteiger partial charge in [0.15, 0.2) is 0 Å². The molecule has 0 aromatic heterocycles. The third-order valence-corrected chi connectivity index (χ3v) is 4.11. The molecule has 2 N–H and O–H groups in total. The molecule has 0 unspecified atom stereocenters. The number of nitrogens with one attached hydrogen (secondary N) is 2. The van der Waals surface area contributed by atoms with Gasteiger partial charge in [-0.25, -0.2) is 0 Å². The second kappa shape index (κ2) is 9.62. The number of halogens is 2. The lowest BCUT2D eigenvalue weighted by Gasteiger charge is -2.20. The highest BCUT2D eigenvalue weighted by atomic mass is 19.3. The van der Waals surface area contributed by atoms with E-state index in [1.165, 1.54) is 12.1 Å². The maximum atomic E-state index is 12.5. The first-order valence-electron chi connectivity index (χ1n) is 8.80. The van der Waals surface area contributed by atoms with Crippen molar-refractivity contribution in [1.82, 2.24) is 5.32 Å². The van der Waals surface area contributed by atoms with Crippen LogP contribution in [0.5, 0.6) is 5.75 Å². The van der Waals surface area contributed by atoms with Crippen LogP contribution in [0, 0.1) is 0 Å². The van der Waals surface area contributed by atoms with E-state index in [2.05, 4.69) is 15.4 Å². The van der Waals surface area contributed by atoms with Crippen LogP contribution in [0.4, 0.5) is 14.5 Å². The SMILES string of the molecule is O=C(CNC(c1ccccc1)c1ccccc1)Nc1ccccc1OC(F)F. The quantitative estimate of drug-likeness (QED) is 0.598. The Kier molecular flexibility index (Phi) is 6.70. The first kappa shape index (κ1) is 19.5. The molecule has 1 amide bonds. The Bertz CT molecular complexity index is 850. The van der Waals surface area contributed by atoms with Gasteiger partial charge < -0.3 is 10.1 Å². The van der Waals surface area contributed by atoms with E-state index in [1.807, 2.05) is 60.7 Å². The van der Waals surface area contributed by atoms with E-state index in [-0.39, 0.29) is 29.9 Å². The number of hydrogen-bond acceptors (Lipinski definition) is 3. The largest absolute Gasteiger partial charge is 0.433 e. The third kappa shape index (κ3) is 5.37. The van der Waals surface area contributed by atoms with Gasteiger partial charge in [0.25, 0.3) is 0 Å². The van der Waals surface area contributed by atoms with Gasteiger partial charge in [-0.05, 0) is 23.3 Å². The van der Waals surface area contributed by atoms with Crippen molar-refractivity contribution in [2.24, 2.45) is 0 Å². The van der Waals surface area contributed by atoms with E-state index in [4.69, 9.17) is 0 Å². The molecule has 0 aliphatic rings. The summed E-state index contributed by atoms with van der Waals surface area (Å²) in [5, 5.41) is 5.85. The minimum absolute atomic E-state index is 0.00251. The van der Waals surface area contributed by atoms with Gasteiger partial charge in [-0.15, -0.1) is 0 Å². The molecular weight excluding hydrogens is 362 g/mol. The van der Waals surface area contributed by atoms with Gasteiger partial charge in [0, 0.05) is 0 Å². The predicted octanol–water partition coefficient (Wildman–Crippen LogP) is 4.61. The van der Waals surface area contributed by atoms with Crippen molar-refractivity contribution in [2.45, 2.75) is 12.7 Å². The van der Waals surface area contributed by atoms with Gasteiger partial charge in [0.2, 0.25) is 5.91 Å². The van der Waals surface area contributed by atoms with Crippen LogP contribution in [-0.4, -0.2) is 19.1 Å². The molecule has 0 radical (unpaired) electrons. The van der Waals surface area contributed by atoms with Crippen molar-refractivity contribution < 1.29 is 18.3 Å². The van der Waals surface area contributed by atoms with Crippen molar-refractivity contribution in [3.63, 3.8) is 0 Å². The lowest BCUT2D eigenvalue weighted by Crippen LogP contribution is -2.32. The molecule has 0 heterocycles. The molecule has 6 heteroatoms. The number of hydrogen-bond donors (Lipinski definition) is 2. The molecule has 0 atom stereocenters. The fourth-order valence-electron chi connectivity index (χ4n) is 2.88. The fraction of sp³-hybridized carbons (Fsp3) is 0.136. The standard InChI is InChI=1S/C22H20F2N2O2/c23-22(24)28-19-14-8-7-13-18(19)26-20(27)15-25-21(16-9-3-1-4-10-16)17-11-5-2-6-12-17/h1-14,21-22,25H,15H2,(H,26,27). The Balaban J connectivity index is 1.70. The Labute approximate surface area is 162 Å². The van der Waals surface area contributed by atoms with Gasteiger partial charge in [0.1, 0.15) is 5.75 Å². The highest BCUT2D eigenvalue weighted by Crippen LogP contribution is 2.25. The van der Waals surface area contributed by atoms with E-state index >= 15 is 0 Å². The van der Waals surface area contributed by atoms with Gasteiger partial charge in [-0.2, -0.15) is 8.78 Å². The second-order valence-electron chi connectivity index (χ2n) is 6.06. The minimum Gasteiger partial charge on any atom is -0.433 e. The zero-order valence-electron chi connectivity index (χ0n) is 15.0. The average molecular weight is 382 g/mol. The molecule has 0 spiro atoms. The Hall–Kier alpha value is -3.25. The number of para-hydroxylation sites is 2. The molecule has 4 nitrogen and oxygen atoms in total. The molecule has 28 heavy (non-hydrogen) atoms. The van der Waals surface area contributed by atoms with Gasteiger partial charge in [-0.3, -0.25) is 10.1 Å². The lowest BCUT2D eigenvalue weighted by atomic mass is 9.99. The molecule has 0 saturated heterocycles. The van der Waals surface area contributed by atoms with Crippen LogP contribution in [0.1, 0.15) is 17.2 Å². The molecule has 144 valence electrons. The molecule has 0 bridgehead atoms. The van der Waals surface area contributed by atoms with E-state index in [0.717, 1.165) is 11.1 Å². The Morgan fingerprint density at radius 2 is 1.36 bits per heavy atom. The number of amides is 1. The average Bonchev–Trinajstić information content (AvgIpc) is 2.71. The summed E-state index contributed by atoms with van der Waals surface area (Å²) in [5.41, 5.74) is 2.23. The molecule has 3 rings (SSSR count). The number of ether oxygens (including phenoxy) is 1. The first-order chi connectivity index (χ1) is 13.6. The summed E-state index contributed by atoms with van der Waals surface area (Å²) < 4.78 is 29.5. The van der Waals surface area contributed by atoms with Crippen LogP contribution < -0.4 is 15.4 Å². The van der Waals surface area contributed by atoms with Crippen LogP contribution in [-0.2, 0) is 4.79 Å². The first-order valence-corrected chi connectivity index (χ1v) is 8.80. The number of carbonyl (C=O) groups excluding carboxylic acids is 1. The van der Waals surface area contributed by atoms with E-state index in [1.54, 1.807) is 12.1 Å². The van der Waals surface area contributed by atoms with Crippen molar-refractivity contribution in [1.29, 1.82) is 0 Å². The van der Waals surface area contributed by atoms with Crippen molar-refractivity contribution in [3.05, 3.63) is 96.1 Å². The monoisotopic (exact) mass is 382 g/mol. The van der Waals surface area contributed by atoms with E-state index in [0.29, 0.717) is 0 Å². The van der Waals surface area contributed by atoms with Gasteiger partial charge in [-0.1, -0.05) is 72.8 Å². The second-order valence-corrected chi connectivity index (χ2v) is 6.06. The van der Waals surface area contributed by atoms with Crippen LogP contribution in [0.2, 0.25) is 0 Å². The number of rotatable bonds is 8. The van der Waals surface area contributed by atoms with Crippen molar-refractivity contribution in [3.8, 4) is 5.75 Å². The van der Waals surface area contributed by atoms with Crippen LogP contribution in [0.15, 0.2) is 84.9 Å². The fourth-order valence-corrected chi connectivity index (χ4v) is 2.88. The third-order valence-electron chi connectivity index (χ3n) is 4.11. The maximum absolute atomic E-state index is 12.5. The molecule has 3 aromatic carbocycles. The van der Waals surface area contributed by atoms with E-state index in [9.17, 15) is 13.6 Å². The normalized spacial score (nSPS) is 10.9. The molecule has 0 aliphatic carbocycles. The summed E-state index contributed by atoms with van der Waals surface area (Å²) in [4.78, 5) is 12.4. The summed E-state index contributed by atoms with van der Waals surface area (Å²) in [5.74, 6) is -0.435. The Morgan fingerprint density at radius 1 is 0.821 bits per heavy atom. The summed E-state index contributed by atoms with van der Waals surface area (Å²) >= 11 is 0. The van der Waals surface area contributed by atoms with Crippen molar-refractivity contribution in [2.75, 3.05) is 11.9 Å². The number of benzene rings is 3. The van der Waals surface area contributed by atoms with Crippen LogP contribution in [0.3, 0.4) is 0 Å². The molecule has 3 aromatic rings. The molecule has 0 saturated carbocycles. The summed E-state index contributed by atoms with van der Waals surface area (Å²) in [7, 11) is 0. The number of carbonyl (C=O) groups is 1. The topological polar surface area (TPSA) is 50.4 Å². The van der Waals surface area contributed by atoms with Crippen molar-refractivity contribution >= 4 is 11.6 Å². The highest BCUT2D eigenvalue weighted by molar-refractivity contribution is 5.93. The zero-order chi connectivity index (χ0) is 19.8. The Morgan fingerprint density at radius 3 is 1.93 bits per heavy atom. The van der Waals surface area contributed by atoms with Crippen LogP contribution in [0.25, 0.3) is 0 Å². The summed E-state index contributed by atoms with van der Waals surface area (Å²) in [6.07, 6.45) is 0.